The van der Waals surface area contributed by atoms with E-state index >= 15 is 0 Å². The molecule has 2 aromatic rings. The van der Waals surface area contributed by atoms with Crippen LogP contribution in [-0.2, 0) is 6.54 Å². The number of nitrogens with zero attached hydrogens (tertiary/aromatic N) is 1. The Bertz CT molecular complexity index is 667. The summed E-state index contributed by atoms with van der Waals surface area (Å²) in [7, 11) is 0. The lowest BCUT2D eigenvalue weighted by Crippen LogP contribution is -2.24. The van der Waals surface area contributed by atoms with Gasteiger partial charge in [0, 0.05) is 23.7 Å². The third kappa shape index (κ3) is 3.94. The number of H-pyrrole nitrogens is 1. The molecule has 0 aliphatic rings. The van der Waals surface area contributed by atoms with Crippen molar-refractivity contribution in [1.29, 1.82) is 0 Å². The molecule has 2 rings (SSSR count). The van der Waals surface area contributed by atoms with Crippen LogP contribution in [0.5, 0.6) is 0 Å². The molecule has 5 heteroatoms. The fraction of sp³-hybridized carbons (Fsp3) is 0.250. The number of imidazole rings is 1. The Morgan fingerprint density at radius 2 is 2.33 bits per heavy atom. The molecule has 1 aromatic carbocycles. The van der Waals surface area contributed by atoms with Crippen LogP contribution in [0.1, 0.15) is 33.6 Å². The zero-order valence-electron chi connectivity index (χ0n) is 11.8. The number of carbonyl (C=O) groups excluding carboxylic acids is 1. The fourth-order valence-corrected chi connectivity index (χ4v) is 1.88. The smallest absolute Gasteiger partial charge is 0.251 e. The first kappa shape index (κ1) is 14.8. The second kappa shape index (κ2) is 7.27. The highest BCUT2D eigenvalue weighted by molar-refractivity contribution is 5.96. The zero-order chi connectivity index (χ0) is 15.1. The molecule has 0 radical (unpaired) electrons. The molecular weight excluding hydrogens is 266 g/mol. The van der Waals surface area contributed by atoms with Crippen LogP contribution in [0.3, 0.4) is 0 Å². The van der Waals surface area contributed by atoms with Gasteiger partial charge in [0.15, 0.2) is 0 Å². The maximum absolute atomic E-state index is 12.2. The Kier molecular flexibility index (Phi) is 5.13. The monoisotopic (exact) mass is 283 g/mol. The highest BCUT2D eigenvalue weighted by Crippen LogP contribution is 2.13. The number of amides is 1. The number of rotatable bonds is 4. The number of aliphatic hydroxyl groups excluding tert-OH is 1. The minimum Gasteiger partial charge on any atom is -0.395 e. The average Bonchev–Trinajstić information content (AvgIpc) is 3.00. The molecule has 5 nitrogen and oxygen atoms in total. The molecule has 0 saturated heterocycles. The van der Waals surface area contributed by atoms with Crippen LogP contribution in [0.4, 0.5) is 0 Å². The zero-order valence-corrected chi connectivity index (χ0v) is 11.8. The van der Waals surface area contributed by atoms with Crippen molar-refractivity contribution < 1.29 is 9.90 Å². The summed E-state index contributed by atoms with van der Waals surface area (Å²) in [5.74, 6) is 5.69. The van der Waals surface area contributed by atoms with Crippen LogP contribution in [0, 0.1) is 18.8 Å². The molecule has 1 heterocycles. The van der Waals surface area contributed by atoms with Gasteiger partial charge in [0.05, 0.1) is 25.2 Å². The minimum absolute atomic E-state index is 0.0381. The molecule has 0 bridgehead atoms. The van der Waals surface area contributed by atoms with E-state index in [1.807, 2.05) is 13.0 Å². The predicted octanol–water partition coefficient (Wildman–Crippen LogP) is 1.38. The molecule has 3 N–H and O–H groups in total. The lowest BCUT2D eigenvalue weighted by Gasteiger charge is -2.08. The third-order valence-electron chi connectivity index (χ3n) is 3.03. The van der Waals surface area contributed by atoms with Gasteiger partial charge in [-0.05, 0) is 24.6 Å². The summed E-state index contributed by atoms with van der Waals surface area (Å²) in [5, 5.41) is 11.6. The second-order valence-electron chi connectivity index (χ2n) is 4.51. The molecule has 1 aromatic heterocycles. The molecule has 0 aliphatic carbocycles. The second-order valence-corrected chi connectivity index (χ2v) is 4.51. The molecule has 0 fully saturated rings. The molecule has 0 atom stereocenters. The van der Waals surface area contributed by atoms with Crippen LogP contribution in [0.15, 0.2) is 30.7 Å². The summed E-state index contributed by atoms with van der Waals surface area (Å²) in [6.07, 6.45) is 3.67. The van der Waals surface area contributed by atoms with E-state index in [4.69, 9.17) is 5.11 Å². The highest BCUT2D eigenvalue weighted by Gasteiger charge is 2.10. The van der Waals surface area contributed by atoms with Gasteiger partial charge in [0.1, 0.15) is 0 Å². The number of benzene rings is 1. The van der Waals surface area contributed by atoms with E-state index < -0.39 is 0 Å². The average molecular weight is 283 g/mol. The SMILES string of the molecule is Cc1c(C#CCCO)cccc1C(=O)NCc1cnc[nH]1. The van der Waals surface area contributed by atoms with Crippen LogP contribution in [0.2, 0.25) is 0 Å². The Labute approximate surface area is 123 Å². The van der Waals surface area contributed by atoms with Gasteiger partial charge in [-0.1, -0.05) is 17.9 Å². The van der Waals surface area contributed by atoms with Crippen molar-refractivity contribution in [3.8, 4) is 11.8 Å². The number of aliphatic hydroxyl groups is 1. The lowest BCUT2D eigenvalue weighted by molar-refractivity contribution is 0.0950. The maximum atomic E-state index is 12.2. The van der Waals surface area contributed by atoms with E-state index in [0.717, 1.165) is 16.8 Å². The van der Waals surface area contributed by atoms with Gasteiger partial charge in [-0.2, -0.15) is 0 Å². The number of hydrogen-bond donors (Lipinski definition) is 3. The van der Waals surface area contributed by atoms with E-state index in [9.17, 15) is 4.79 Å². The quantitative estimate of drug-likeness (QED) is 0.742. The summed E-state index contributed by atoms with van der Waals surface area (Å²) < 4.78 is 0. The van der Waals surface area contributed by atoms with Crippen molar-refractivity contribution in [3.63, 3.8) is 0 Å². The molecule has 0 saturated carbocycles. The van der Waals surface area contributed by atoms with Crippen LogP contribution in [0.25, 0.3) is 0 Å². The van der Waals surface area contributed by atoms with Crippen LogP contribution >= 0.6 is 0 Å². The van der Waals surface area contributed by atoms with E-state index in [2.05, 4.69) is 27.1 Å². The molecule has 0 unspecified atom stereocenters. The van der Waals surface area contributed by atoms with Crippen molar-refractivity contribution in [2.75, 3.05) is 6.61 Å². The number of nitrogens with one attached hydrogen (secondary N) is 2. The standard InChI is InChI=1S/C16H17N3O2/c1-12-13(5-2-3-8-20)6-4-7-15(12)16(21)18-10-14-9-17-11-19-14/h4,6-7,9,11,20H,3,8,10H2,1H3,(H,17,19)(H,18,21). The van der Waals surface area contributed by atoms with Crippen molar-refractivity contribution in [1.82, 2.24) is 15.3 Å². The van der Waals surface area contributed by atoms with E-state index in [1.54, 1.807) is 24.7 Å². The van der Waals surface area contributed by atoms with Crippen molar-refractivity contribution in [2.24, 2.45) is 0 Å². The largest absolute Gasteiger partial charge is 0.395 e. The molecule has 108 valence electrons. The van der Waals surface area contributed by atoms with Crippen LogP contribution < -0.4 is 5.32 Å². The summed E-state index contributed by atoms with van der Waals surface area (Å²) in [4.78, 5) is 19.0. The van der Waals surface area contributed by atoms with E-state index in [-0.39, 0.29) is 12.5 Å². The fourth-order valence-electron chi connectivity index (χ4n) is 1.88. The van der Waals surface area contributed by atoms with Gasteiger partial charge in [0.2, 0.25) is 0 Å². The molecular formula is C16H17N3O2. The van der Waals surface area contributed by atoms with Gasteiger partial charge in [-0.15, -0.1) is 0 Å². The molecule has 21 heavy (non-hydrogen) atoms. The summed E-state index contributed by atoms with van der Waals surface area (Å²) in [6, 6.07) is 5.45. The van der Waals surface area contributed by atoms with Crippen molar-refractivity contribution in [2.45, 2.75) is 19.9 Å². The number of hydrogen-bond acceptors (Lipinski definition) is 3. The number of aromatic amines is 1. The lowest BCUT2D eigenvalue weighted by atomic mass is 10.0. The van der Waals surface area contributed by atoms with Gasteiger partial charge in [-0.3, -0.25) is 4.79 Å². The Hall–Kier alpha value is -2.58. The summed E-state index contributed by atoms with van der Waals surface area (Å²) in [5.41, 5.74) is 3.09. The van der Waals surface area contributed by atoms with Crippen LogP contribution in [-0.4, -0.2) is 27.6 Å². The Morgan fingerprint density at radius 1 is 1.48 bits per heavy atom. The van der Waals surface area contributed by atoms with Gasteiger partial charge < -0.3 is 15.4 Å². The van der Waals surface area contributed by atoms with E-state index in [0.29, 0.717) is 18.5 Å². The first-order valence-corrected chi connectivity index (χ1v) is 6.67. The van der Waals surface area contributed by atoms with Crippen molar-refractivity contribution in [3.05, 3.63) is 53.1 Å². The third-order valence-corrected chi connectivity index (χ3v) is 3.03. The minimum atomic E-state index is -0.145. The molecule has 1 amide bonds. The van der Waals surface area contributed by atoms with Gasteiger partial charge in [-0.25, -0.2) is 4.98 Å². The normalized spacial score (nSPS) is 9.81. The van der Waals surface area contributed by atoms with E-state index in [1.165, 1.54) is 0 Å². The predicted molar refractivity (Wildman–Crippen MR) is 79.5 cm³/mol. The molecule has 0 spiro atoms. The first-order valence-electron chi connectivity index (χ1n) is 6.67. The maximum Gasteiger partial charge on any atom is 0.251 e. The van der Waals surface area contributed by atoms with Gasteiger partial charge in [0.25, 0.3) is 5.91 Å². The Balaban J connectivity index is 2.10. The molecule has 0 aliphatic heterocycles. The highest BCUT2D eigenvalue weighted by atomic mass is 16.2. The van der Waals surface area contributed by atoms with Crippen molar-refractivity contribution >= 4 is 5.91 Å². The topological polar surface area (TPSA) is 78.0 Å². The number of aromatic nitrogens is 2. The first-order chi connectivity index (χ1) is 10.2. The number of carbonyl (C=O) groups is 1. The summed E-state index contributed by atoms with van der Waals surface area (Å²) in [6.45, 7) is 2.31. The Morgan fingerprint density at radius 3 is 3.05 bits per heavy atom. The summed E-state index contributed by atoms with van der Waals surface area (Å²) >= 11 is 0. The van der Waals surface area contributed by atoms with Gasteiger partial charge >= 0.3 is 0 Å².